The summed E-state index contributed by atoms with van der Waals surface area (Å²) in [6.07, 6.45) is 2.90. The Hall–Kier alpha value is -1.81. The van der Waals surface area contributed by atoms with E-state index in [9.17, 15) is 18.5 Å². The fourth-order valence-corrected chi connectivity index (χ4v) is 4.64. The first-order chi connectivity index (χ1) is 11.4. The topological polar surface area (TPSA) is 105 Å². The summed E-state index contributed by atoms with van der Waals surface area (Å²) in [5, 5.41) is 14.5. The van der Waals surface area contributed by atoms with E-state index in [1.54, 1.807) is 6.07 Å². The zero-order valence-electron chi connectivity index (χ0n) is 13.6. The van der Waals surface area contributed by atoms with Gasteiger partial charge in [0.25, 0.3) is 5.69 Å². The van der Waals surface area contributed by atoms with Crippen molar-refractivity contribution >= 4 is 39.0 Å². The average Bonchev–Trinajstić information content (AvgIpc) is 2.60. The number of hydrogen-bond acceptors (Lipinski definition) is 6. The standard InChI is InChI=1S/C15H18N4O4S.ClH/c1-16-11-6-9-18(10-7-11)24(22,23)14-5-4-13(19(20)21)12-3-2-8-17-15(12)14;/h2-5,8,11,16H,6-7,9-10H2,1H3;1H. The van der Waals surface area contributed by atoms with Gasteiger partial charge in [-0.3, -0.25) is 15.1 Å². The van der Waals surface area contributed by atoms with Gasteiger partial charge in [0.05, 0.1) is 15.8 Å². The van der Waals surface area contributed by atoms with Crippen LogP contribution >= 0.6 is 12.4 Å². The van der Waals surface area contributed by atoms with Crippen LogP contribution in [0.25, 0.3) is 10.9 Å². The van der Waals surface area contributed by atoms with E-state index in [1.165, 1.54) is 28.7 Å². The van der Waals surface area contributed by atoms with Gasteiger partial charge in [0, 0.05) is 31.4 Å². The van der Waals surface area contributed by atoms with E-state index in [2.05, 4.69) is 10.3 Å². The van der Waals surface area contributed by atoms with E-state index in [1.807, 2.05) is 7.05 Å². The summed E-state index contributed by atoms with van der Waals surface area (Å²) in [4.78, 5) is 14.7. The third kappa shape index (κ3) is 3.59. The third-order valence-electron chi connectivity index (χ3n) is 4.39. The monoisotopic (exact) mass is 386 g/mol. The number of nitro groups is 1. The molecule has 2 aromatic rings. The lowest BCUT2D eigenvalue weighted by Gasteiger charge is -2.31. The molecule has 1 aromatic carbocycles. The van der Waals surface area contributed by atoms with Gasteiger partial charge in [0.1, 0.15) is 4.90 Å². The highest BCUT2D eigenvalue weighted by Gasteiger charge is 2.31. The maximum absolute atomic E-state index is 13.0. The molecule has 0 amide bonds. The summed E-state index contributed by atoms with van der Waals surface area (Å²) in [6, 6.07) is 5.91. The molecule has 1 saturated heterocycles. The quantitative estimate of drug-likeness (QED) is 0.635. The zero-order valence-corrected chi connectivity index (χ0v) is 15.2. The second-order valence-electron chi connectivity index (χ2n) is 5.71. The van der Waals surface area contributed by atoms with Crippen LogP contribution in [0.3, 0.4) is 0 Å². The lowest BCUT2D eigenvalue weighted by Crippen LogP contribution is -2.43. The number of sulfonamides is 1. The van der Waals surface area contributed by atoms with E-state index in [0.717, 1.165) is 12.8 Å². The van der Waals surface area contributed by atoms with Crippen molar-refractivity contribution in [2.75, 3.05) is 20.1 Å². The molecular weight excluding hydrogens is 368 g/mol. The lowest BCUT2D eigenvalue weighted by molar-refractivity contribution is -0.383. The third-order valence-corrected chi connectivity index (χ3v) is 6.32. The molecule has 1 aliphatic heterocycles. The number of non-ortho nitro benzene ring substituents is 1. The van der Waals surface area contributed by atoms with Crippen molar-refractivity contribution in [2.45, 2.75) is 23.8 Å². The predicted molar refractivity (Wildman–Crippen MR) is 96.5 cm³/mol. The molecule has 0 saturated carbocycles. The SMILES string of the molecule is CNC1CCN(S(=O)(=O)c2ccc([N+](=O)[O-])c3cccnc23)CC1.Cl. The summed E-state index contributed by atoms with van der Waals surface area (Å²) in [5.74, 6) is 0. The number of aromatic nitrogens is 1. The molecule has 2 heterocycles. The maximum Gasteiger partial charge on any atom is 0.278 e. The minimum absolute atomic E-state index is 0. The first-order valence-electron chi connectivity index (χ1n) is 7.64. The molecule has 1 aromatic heterocycles. The number of halogens is 1. The number of rotatable bonds is 4. The molecule has 8 nitrogen and oxygen atoms in total. The summed E-state index contributed by atoms with van der Waals surface area (Å²) in [5.41, 5.74) is -0.00613. The van der Waals surface area contributed by atoms with Gasteiger partial charge in [-0.15, -0.1) is 12.4 Å². The number of piperidine rings is 1. The first kappa shape index (κ1) is 19.5. The molecule has 0 aliphatic carbocycles. The lowest BCUT2D eigenvalue weighted by atomic mass is 10.1. The van der Waals surface area contributed by atoms with Crippen molar-refractivity contribution in [2.24, 2.45) is 0 Å². The number of hydrogen-bond donors (Lipinski definition) is 1. The smallest absolute Gasteiger partial charge is 0.278 e. The van der Waals surface area contributed by atoms with Crippen LogP contribution in [0, 0.1) is 10.1 Å². The predicted octanol–water partition coefficient (Wildman–Crippen LogP) is 1.94. The molecule has 25 heavy (non-hydrogen) atoms. The van der Waals surface area contributed by atoms with Crippen LogP contribution in [0.2, 0.25) is 0 Å². The molecule has 10 heteroatoms. The molecule has 1 aliphatic rings. The van der Waals surface area contributed by atoms with Crippen LogP contribution in [0.15, 0.2) is 35.4 Å². The molecule has 0 spiro atoms. The van der Waals surface area contributed by atoms with E-state index >= 15 is 0 Å². The summed E-state index contributed by atoms with van der Waals surface area (Å²) in [7, 11) is -1.88. The molecule has 1 fully saturated rings. The molecular formula is C15H19ClN4O4S. The Morgan fingerprint density at radius 1 is 1.28 bits per heavy atom. The maximum atomic E-state index is 13.0. The fourth-order valence-electron chi connectivity index (χ4n) is 3.02. The van der Waals surface area contributed by atoms with Gasteiger partial charge in [-0.1, -0.05) is 0 Å². The Morgan fingerprint density at radius 3 is 2.56 bits per heavy atom. The van der Waals surface area contributed by atoms with Gasteiger partial charge in [0.2, 0.25) is 10.0 Å². The van der Waals surface area contributed by atoms with Crippen LogP contribution < -0.4 is 5.32 Å². The van der Waals surface area contributed by atoms with Crippen molar-refractivity contribution in [1.82, 2.24) is 14.6 Å². The van der Waals surface area contributed by atoms with Crippen LogP contribution in [-0.4, -0.2) is 48.8 Å². The average molecular weight is 387 g/mol. The second kappa shape index (κ2) is 7.61. The molecule has 0 unspecified atom stereocenters. The molecule has 136 valence electrons. The largest absolute Gasteiger partial charge is 0.317 e. The van der Waals surface area contributed by atoms with Crippen molar-refractivity contribution in [3.63, 3.8) is 0 Å². The first-order valence-corrected chi connectivity index (χ1v) is 9.08. The van der Waals surface area contributed by atoms with E-state index in [0.29, 0.717) is 19.1 Å². The highest BCUT2D eigenvalue weighted by atomic mass is 35.5. The van der Waals surface area contributed by atoms with Gasteiger partial charge in [0.15, 0.2) is 0 Å². The van der Waals surface area contributed by atoms with Crippen molar-refractivity contribution < 1.29 is 13.3 Å². The normalized spacial score (nSPS) is 16.5. The number of benzene rings is 1. The van der Waals surface area contributed by atoms with Crippen molar-refractivity contribution in [1.29, 1.82) is 0 Å². The molecule has 1 N–H and O–H groups in total. The van der Waals surface area contributed by atoms with Gasteiger partial charge >= 0.3 is 0 Å². The molecule has 0 bridgehead atoms. The van der Waals surface area contributed by atoms with Crippen LogP contribution in [0.4, 0.5) is 5.69 Å². The Labute approximate surface area is 151 Å². The van der Waals surface area contributed by atoms with E-state index < -0.39 is 14.9 Å². The number of nitrogens with one attached hydrogen (secondary N) is 1. The highest BCUT2D eigenvalue weighted by molar-refractivity contribution is 7.89. The van der Waals surface area contributed by atoms with Crippen LogP contribution in [0.5, 0.6) is 0 Å². The fraction of sp³-hybridized carbons (Fsp3) is 0.400. The minimum atomic E-state index is -3.74. The zero-order chi connectivity index (χ0) is 17.3. The molecule has 0 radical (unpaired) electrons. The van der Waals surface area contributed by atoms with Gasteiger partial charge < -0.3 is 5.32 Å². The number of nitro benzene ring substituents is 1. The minimum Gasteiger partial charge on any atom is -0.317 e. The second-order valence-corrected chi connectivity index (χ2v) is 7.61. The Morgan fingerprint density at radius 2 is 1.96 bits per heavy atom. The number of fused-ring (bicyclic) bond motifs is 1. The number of nitrogens with zero attached hydrogens (tertiary/aromatic N) is 3. The molecule has 0 atom stereocenters. The van der Waals surface area contributed by atoms with E-state index in [-0.39, 0.29) is 33.9 Å². The Kier molecular flexibility index (Phi) is 5.94. The van der Waals surface area contributed by atoms with E-state index in [4.69, 9.17) is 0 Å². The van der Waals surface area contributed by atoms with Crippen LogP contribution in [-0.2, 0) is 10.0 Å². The van der Waals surface area contributed by atoms with Gasteiger partial charge in [-0.2, -0.15) is 4.31 Å². The summed E-state index contributed by atoms with van der Waals surface area (Å²) >= 11 is 0. The molecule has 3 rings (SSSR count). The van der Waals surface area contributed by atoms with Gasteiger partial charge in [-0.25, -0.2) is 8.42 Å². The van der Waals surface area contributed by atoms with Gasteiger partial charge in [-0.05, 0) is 38.1 Å². The van der Waals surface area contributed by atoms with Crippen molar-refractivity contribution in [3.05, 3.63) is 40.6 Å². The Balaban J connectivity index is 0.00000225. The van der Waals surface area contributed by atoms with Crippen LogP contribution in [0.1, 0.15) is 12.8 Å². The summed E-state index contributed by atoms with van der Waals surface area (Å²) in [6.45, 7) is 0.832. The Bertz CT molecular complexity index is 882. The van der Waals surface area contributed by atoms with Crippen molar-refractivity contribution in [3.8, 4) is 0 Å². The number of pyridine rings is 1. The summed E-state index contributed by atoms with van der Waals surface area (Å²) < 4.78 is 27.4. The highest BCUT2D eigenvalue weighted by Crippen LogP contribution is 2.31.